The van der Waals surface area contributed by atoms with Gasteiger partial charge in [-0.05, 0) is 77.4 Å². The minimum atomic E-state index is -0.631. The number of aliphatic hydroxyl groups is 1. The Morgan fingerprint density at radius 2 is 2.11 bits per heavy atom. The number of nitriles is 1. The zero-order valence-electron chi connectivity index (χ0n) is 20.6. The second-order valence-corrected chi connectivity index (χ2v) is 11.6. The van der Waals surface area contributed by atoms with Crippen LogP contribution in [-0.2, 0) is 11.8 Å². The highest BCUT2D eigenvalue weighted by Crippen LogP contribution is 2.52. The average molecular weight is 527 g/mol. The average Bonchev–Trinajstić information content (AvgIpc) is 3.42. The van der Waals surface area contributed by atoms with Crippen LogP contribution in [0, 0.1) is 16.7 Å². The van der Waals surface area contributed by atoms with Gasteiger partial charge in [0, 0.05) is 33.7 Å². The number of thiophene rings is 1. The number of aliphatic hydroxyl groups excluding tert-OH is 1. The molecule has 3 aliphatic rings. The highest BCUT2D eigenvalue weighted by atomic mass is 35.5. The van der Waals surface area contributed by atoms with E-state index in [1.54, 1.807) is 6.07 Å². The van der Waals surface area contributed by atoms with Crippen LogP contribution in [0.2, 0.25) is 5.15 Å². The van der Waals surface area contributed by atoms with E-state index in [0.717, 1.165) is 61.9 Å². The Hall–Kier alpha value is -2.67. The summed E-state index contributed by atoms with van der Waals surface area (Å²) in [7, 11) is 2.09. The van der Waals surface area contributed by atoms with E-state index in [0.29, 0.717) is 34.2 Å². The summed E-state index contributed by atoms with van der Waals surface area (Å²) in [5, 5.41) is 31.1. The number of nitrogens with one attached hydrogen (secondary N) is 1. The number of ether oxygens (including phenoxy) is 1. The topological polar surface area (TPSA) is 132 Å². The van der Waals surface area contributed by atoms with Gasteiger partial charge in [-0.3, -0.25) is 4.90 Å². The molecule has 0 unspecified atom stereocenters. The molecular formula is C26H31ClN6O2S. The van der Waals surface area contributed by atoms with Crippen LogP contribution in [0.1, 0.15) is 73.7 Å². The summed E-state index contributed by atoms with van der Waals surface area (Å²) in [6, 6.07) is 4.12. The van der Waals surface area contributed by atoms with Crippen molar-refractivity contribution in [3.05, 3.63) is 38.6 Å². The van der Waals surface area contributed by atoms with Crippen LogP contribution in [0.15, 0.2) is 11.6 Å². The Bertz CT molecular complexity index is 1280. The zero-order valence-corrected chi connectivity index (χ0v) is 22.2. The van der Waals surface area contributed by atoms with Gasteiger partial charge in [-0.15, -0.1) is 11.3 Å². The molecule has 5 rings (SSSR count). The van der Waals surface area contributed by atoms with Gasteiger partial charge in [-0.25, -0.2) is 4.98 Å². The van der Waals surface area contributed by atoms with Crippen LogP contribution in [0.4, 0.5) is 5.00 Å². The largest absolute Gasteiger partial charge is 0.504 e. The Kier molecular flexibility index (Phi) is 6.70. The van der Waals surface area contributed by atoms with Gasteiger partial charge in [0.1, 0.15) is 22.3 Å². The number of hydrogen-bond acceptors (Lipinski definition) is 9. The molecule has 190 valence electrons. The molecule has 8 nitrogen and oxygen atoms in total. The van der Waals surface area contributed by atoms with Crippen LogP contribution >= 0.6 is 22.9 Å². The SMILES string of the molecule is C[C@H](Oc1cc(Cl)nc(/C(O)=C2\CCC[C@@]3(CCCc4sc(N)c(C#N)c43)C2=N)n1)[C@@H]1CCCN1C. The first kappa shape index (κ1) is 25.0. The van der Waals surface area contributed by atoms with E-state index in [9.17, 15) is 15.8 Å². The summed E-state index contributed by atoms with van der Waals surface area (Å²) in [5.41, 5.74) is 7.76. The van der Waals surface area contributed by atoms with Gasteiger partial charge in [0.2, 0.25) is 5.88 Å². The minimum Gasteiger partial charge on any atom is -0.504 e. The van der Waals surface area contributed by atoms with Crippen LogP contribution in [0.5, 0.6) is 5.88 Å². The van der Waals surface area contributed by atoms with Gasteiger partial charge in [-0.1, -0.05) is 11.6 Å². The van der Waals surface area contributed by atoms with Crippen LogP contribution in [0.25, 0.3) is 5.76 Å². The number of likely N-dealkylation sites (tertiary alicyclic amines) is 1. The molecular weight excluding hydrogens is 496 g/mol. The molecule has 0 bridgehead atoms. The fraction of sp³-hybridized carbons (Fsp3) is 0.538. The summed E-state index contributed by atoms with van der Waals surface area (Å²) in [6.07, 6.45) is 6.65. The van der Waals surface area contributed by atoms with Crippen molar-refractivity contribution in [1.29, 1.82) is 10.7 Å². The Labute approximate surface area is 220 Å². The van der Waals surface area contributed by atoms with Gasteiger partial charge in [0.25, 0.3) is 0 Å². The van der Waals surface area contributed by atoms with Crippen molar-refractivity contribution in [2.45, 2.75) is 75.9 Å². The third-order valence-corrected chi connectivity index (χ3v) is 9.28. The fourth-order valence-corrected chi connectivity index (χ4v) is 7.64. The van der Waals surface area contributed by atoms with E-state index >= 15 is 0 Å². The second-order valence-electron chi connectivity index (χ2n) is 10.1. The smallest absolute Gasteiger partial charge is 0.218 e. The molecule has 4 N–H and O–H groups in total. The molecule has 10 heteroatoms. The van der Waals surface area contributed by atoms with Crippen molar-refractivity contribution in [2.75, 3.05) is 19.3 Å². The molecule has 1 aliphatic heterocycles. The lowest BCUT2D eigenvalue weighted by Gasteiger charge is -2.42. The maximum Gasteiger partial charge on any atom is 0.218 e. The number of nitrogen functional groups attached to an aromatic ring is 1. The molecule has 2 fully saturated rings. The maximum atomic E-state index is 11.4. The molecule has 0 aromatic carbocycles. The van der Waals surface area contributed by atoms with Crippen molar-refractivity contribution in [3.8, 4) is 11.9 Å². The van der Waals surface area contributed by atoms with Crippen molar-refractivity contribution in [1.82, 2.24) is 14.9 Å². The standard InChI is InChI=1S/C26H31ClN6O2S/c1-14(17-7-5-11-33(17)2)35-20-12-19(27)31-25(32-20)22(34)15-6-3-9-26(23(15)29)10-4-8-18-21(26)16(13-28)24(30)36-18/h12,14,17,29,34H,3-11,30H2,1-2H3/b22-15-,29-23?/t14-,17-,26-/m0/s1. The zero-order chi connectivity index (χ0) is 25.6. The summed E-state index contributed by atoms with van der Waals surface area (Å²) < 4.78 is 6.13. The number of halogens is 1. The Morgan fingerprint density at radius 3 is 2.81 bits per heavy atom. The van der Waals surface area contributed by atoms with E-state index in [4.69, 9.17) is 22.1 Å². The maximum absolute atomic E-state index is 11.4. The molecule has 2 aliphatic carbocycles. The number of anilines is 1. The molecule has 2 aromatic heterocycles. The van der Waals surface area contributed by atoms with Gasteiger partial charge in [-0.2, -0.15) is 10.2 Å². The van der Waals surface area contributed by atoms with Gasteiger partial charge in [0.05, 0.1) is 5.56 Å². The third kappa shape index (κ3) is 4.15. The number of fused-ring (bicyclic) bond motifs is 2. The van der Waals surface area contributed by atoms with Gasteiger partial charge >= 0.3 is 0 Å². The summed E-state index contributed by atoms with van der Waals surface area (Å²) in [4.78, 5) is 12.1. The summed E-state index contributed by atoms with van der Waals surface area (Å²) >= 11 is 7.77. The van der Waals surface area contributed by atoms with Crippen LogP contribution in [-0.4, -0.2) is 51.4 Å². The van der Waals surface area contributed by atoms with Crippen molar-refractivity contribution in [3.63, 3.8) is 0 Å². The monoisotopic (exact) mass is 526 g/mol. The van der Waals surface area contributed by atoms with E-state index in [2.05, 4.69) is 28.0 Å². The molecule has 0 radical (unpaired) electrons. The predicted octanol–water partition coefficient (Wildman–Crippen LogP) is 5.25. The number of hydrogen-bond donors (Lipinski definition) is 3. The minimum absolute atomic E-state index is 0.0580. The predicted molar refractivity (Wildman–Crippen MR) is 142 cm³/mol. The van der Waals surface area contributed by atoms with E-state index in [-0.39, 0.29) is 28.9 Å². The number of likely N-dealkylation sites (N-methyl/N-ethyl adjacent to an activating group) is 1. The van der Waals surface area contributed by atoms with Crippen LogP contribution in [0.3, 0.4) is 0 Å². The van der Waals surface area contributed by atoms with Crippen molar-refractivity contribution < 1.29 is 9.84 Å². The number of nitrogens with two attached hydrogens (primary N) is 1. The normalized spacial score (nSPS) is 26.5. The first-order valence-electron chi connectivity index (χ1n) is 12.5. The molecule has 1 saturated carbocycles. The quantitative estimate of drug-likeness (QED) is 0.366. The van der Waals surface area contributed by atoms with Crippen molar-refractivity contribution in [2.24, 2.45) is 0 Å². The first-order chi connectivity index (χ1) is 17.2. The number of aryl methyl sites for hydroxylation is 1. The van der Waals surface area contributed by atoms with Gasteiger partial charge < -0.3 is 21.0 Å². The van der Waals surface area contributed by atoms with E-state index in [1.807, 2.05) is 6.92 Å². The number of rotatable bonds is 4. The van der Waals surface area contributed by atoms with E-state index in [1.165, 1.54) is 11.3 Å². The van der Waals surface area contributed by atoms with Crippen molar-refractivity contribution >= 4 is 39.4 Å². The lowest BCUT2D eigenvalue weighted by Crippen LogP contribution is -2.42. The van der Waals surface area contributed by atoms with Gasteiger partial charge in [0.15, 0.2) is 11.6 Å². The lowest BCUT2D eigenvalue weighted by molar-refractivity contribution is 0.116. The summed E-state index contributed by atoms with van der Waals surface area (Å²) in [5.74, 6) is 0.216. The lowest BCUT2D eigenvalue weighted by atomic mass is 9.60. The number of nitrogens with zero attached hydrogens (tertiary/aromatic N) is 4. The first-order valence-corrected chi connectivity index (χ1v) is 13.7. The molecule has 3 heterocycles. The number of aromatic nitrogens is 2. The highest BCUT2D eigenvalue weighted by molar-refractivity contribution is 7.16. The summed E-state index contributed by atoms with van der Waals surface area (Å²) in [6.45, 7) is 3.05. The Morgan fingerprint density at radius 1 is 1.36 bits per heavy atom. The molecule has 0 amide bonds. The third-order valence-electron chi connectivity index (χ3n) is 8.01. The Balaban J connectivity index is 1.50. The van der Waals surface area contributed by atoms with Crippen LogP contribution < -0.4 is 10.5 Å². The molecule has 1 saturated heterocycles. The molecule has 1 spiro atoms. The molecule has 2 aromatic rings. The molecule has 36 heavy (non-hydrogen) atoms. The molecule has 3 atom stereocenters. The second kappa shape index (κ2) is 9.66. The fourth-order valence-electron chi connectivity index (χ4n) is 6.31. The number of allylic oxidation sites excluding steroid dienone is 1. The van der Waals surface area contributed by atoms with E-state index < -0.39 is 5.41 Å². The highest BCUT2D eigenvalue weighted by Gasteiger charge is 2.47.